The molecule has 0 amide bonds. The molecule has 13 heavy (non-hydrogen) atoms. The van der Waals surface area contributed by atoms with Gasteiger partial charge in [0.15, 0.2) is 0 Å². The highest BCUT2D eigenvalue weighted by molar-refractivity contribution is 5.37. The molecule has 0 aliphatic carbocycles. The van der Waals surface area contributed by atoms with Crippen LogP contribution in [0.15, 0.2) is 12.3 Å². The monoisotopic (exact) mass is 181 g/mol. The van der Waals surface area contributed by atoms with E-state index in [1.807, 2.05) is 6.07 Å². The van der Waals surface area contributed by atoms with E-state index in [1.54, 1.807) is 6.20 Å². The SMILES string of the molecule is CC1(C)CN(c2ccn[nH]2)CCO1. The second kappa shape index (κ2) is 3.03. The molecule has 4 heteroatoms. The van der Waals surface area contributed by atoms with Gasteiger partial charge >= 0.3 is 0 Å². The smallest absolute Gasteiger partial charge is 0.124 e. The standard InChI is InChI=1S/C9H15N3O/c1-9(2)7-12(5-6-13-9)8-3-4-10-11-8/h3-4H,5-7H2,1-2H3,(H,10,11). The van der Waals surface area contributed by atoms with Crippen LogP contribution in [0.5, 0.6) is 0 Å². The van der Waals surface area contributed by atoms with Crippen LogP contribution in [-0.4, -0.2) is 35.5 Å². The van der Waals surface area contributed by atoms with Crippen molar-refractivity contribution in [2.24, 2.45) is 0 Å². The molecule has 0 aromatic carbocycles. The molecule has 1 aliphatic rings. The van der Waals surface area contributed by atoms with Crippen LogP contribution in [0.4, 0.5) is 5.82 Å². The van der Waals surface area contributed by atoms with Gasteiger partial charge in [0, 0.05) is 19.2 Å². The van der Waals surface area contributed by atoms with Gasteiger partial charge in [0.1, 0.15) is 5.82 Å². The van der Waals surface area contributed by atoms with Crippen LogP contribution in [0, 0.1) is 0 Å². The minimum Gasteiger partial charge on any atom is -0.372 e. The largest absolute Gasteiger partial charge is 0.372 e. The van der Waals surface area contributed by atoms with Crippen molar-refractivity contribution in [2.75, 3.05) is 24.6 Å². The lowest BCUT2D eigenvalue weighted by atomic mass is 10.1. The highest BCUT2D eigenvalue weighted by Crippen LogP contribution is 2.20. The van der Waals surface area contributed by atoms with Crippen molar-refractivity contribution in [3.05, 3.63) is 12.3 Å². The van der Waals surface area contributed by atoms with Crippen LogP contribution >= 0.6 is 0 Å². The molecule has 4 nitrogen and oxygen atoms in total. The Morgan fingerprint density at radius 3 is 3.08 bits per heavy atom. The zero-order chi connectivity index (χ0) is 9.31. The van der Waals surface area contributed by atoms with Crippen molar-refractivity contribution in [3.8, 4) is 0 Å². The number of nitrogens with one attached hydrogen (secondary N) is 1. The van der Waals surface area contributed by atoms with Gasteiger partial charge in [0.25, 0.3) is 0 Å². The Hall–Kier alpha value is -1.03. The van der Waals surface area contributed by atoms with Crippen LogP contribution < -0.4 is 4.90 Å². The van der Waals surface area contributed by atoms with E-state index in [1.165, 1.54) is 0 Å². The fraction of sp³-hybridized carbons (Fsp3) is 0.667. The summed E-state index contributed by atoms with van der Waals surface area (Å²) in [7, 11) is 0. The Morgan fingerprint density at radius 2 is 2.46 bits per heavy atom. The molecule has 2 rings (SSSR count). The van der Waals surface area contributed by atoms with Crippen molar-refractivity contribution < 1.29 is 4.74 Å². The summed E-state index contributed by atoms with van der Waals surface area (Å²) in [6.07, 6.45) is 1.78. The Labute approximate surface area is 77.9 Å². The Morgan fingerprint density at radius 1 is 1.62 bits per heavy atom. The summed E-state index contributed by atoms with van der Waals surface area (Å²) < 4.78 is 5.62. The molecule has 1 saturated heterocycles. The van der Waals surface area contributed by atoms with E-state index >= 15 is 0 Å². The van der Waals surface area contributed by atoms with E-state index in [0.717, 1.165) is 25.5 Å². The summed E-state index contributed by atoms with van der Waals surface area (Å²) >= 11 is 0. The third-order valence-corrected chi connectivity index (χ3v) is 2.25. The number of rotatable bonds is 1. The maximum Gasteiger partial charge on any atom is 0.124 e. The number of aromatic amines is 1. The van der Waals surface area contributed by atoms with Crippen molar-refractivity contribution in [1.29, 1.82) is 0 Å². The van der Waals surface area contributed by atoms with E-state index in [2.05, 4.69) is 28.9 Å². The van der Waals surface area contributed by atoms with E-state index in [4.69, 9.17) is 4.74 Å². The fourth-order valence-corrected chi connectivity index (χ4v) is 1.65. The first-order valence-electron chi connectivity index (χ1n) is 4.56. The number of H-pyrrole nitrogens is 1. The van der Waals surface area contributed by atoms with Crippen LogP contribution in [0.1, 0.15) is 13.8 Å². The quantitative estimate of drug-likeness (QED) is 0.703. The van der Waals surface area contributed by atoms with E-state index in [0.29, 0.717) is 0 Å². The van der Waals surface area contributed by atoms with Gasteiger partial charge in [-0.1, -0.05) is 0 Å². The minimum atomic E-state index is -0.0522. The first kappa shape index (κ1) is 8.56. The molecule has 72 valence electrons. The highest BCUT2D eigenvalue weighted by atomic mass is 16.5. The molecule has 1 aromatic rings. The number of hydrogen-bond acceptors (Lipinski definition) is 3. The van der Waals surface area contributed by atoms with Gasteiger partial charge in [-0.2, -0.15) is 5.10 Å². The van der Waals surface area contributed by atoms with Crippen molar-refractivity contribution in [1.82, 2.24) is 10.2 Å². The summed E-state index contributed by atoms with van der Waals surface area (Å²) in [5.41, 5.74) is -0.0522. The van der Waals surface area contributed by atoms with Crippen molar-refractivity contribution in [2.45, 2.75) is 19.4 Å². The lowest BCUT2D eigenvalue weighted by Crippen LogP contribution is -2.48. The van der Waals surface area contributed by atoms with Gasteiger partial charge in [0.05, 0.1) is 18.4 Å². The summed E-state index contributed by atoms with van der Waals surface area (Å²) in [6.45, 7) is 6.85. The number of nitrogens with zero attached hydrogens (tertiary/aromatic N) is 2. The first-order valence-corrected chi connectivity index (χ1v) is 4.56. The van der Waals surface area contributed by atoms with Crippen molar-refractivity contribution >= 4 is 5.82 Å². The summed E-state index contributed by atoms with van der Waals surface area (Å²) in [4.78, 5) is 2.26. The fourth-order valence-electron chi connectivity index (χ4n) is 1.65. The molecule has 0 saturated carbocycles. The molecule has 1 fully saturated rings. The molecule has 2 heterocycles. The van der Waals surface area contributed by atoms with Crippen molar-refractivity contribution in [3.63, 3.8) is 0 Å². The average Bonchev–Trinajstić information content (AvgIpc) is 2.53. The zero-order valence-corrected chi connectivity index (χ0v) is 8.08. The number of anilines is 1. The second-order valence-electron chi connectivity index (χ2n) is 3.97. The highest BCUT2D eigenvalue weighted by Gasteiger charge is 2.27. The third kappa shape index (κ3) is 1.83. The normalized spacial score (nSPS) is 21.8. The number of hydrogen-bond donors (Lipinski definition) is 1. The molecular formula is C9H15N3O. The average molecular weight is 181 g/mol. The molecule has 0 unspecified atom stereocenters. The summed E-state index contributed by atoms with van der Waals surface area (Å²) in [6, 6.07) is 1.99. The molecule has 0 spiro atoms. The first-order chi connectivity index (χ1) is 6.17. The van der Waals surface area contributed by atoms with Gasteiger partial charge in [0.2, 0.25) is 0 Å². The summed E-state index contributed by atoms with van der Waals surface area (Å²) in [5.74, 6) is 1.08. The topological polar surface area (TPSA) is 41.2 Å². The zero-order valence-electron chi connectivity index (χ0n) is 8.08. The molecule has 1 N–H and O–H groups in total. The molecular weight excluding hydrogens is 166 g/mol. The summed E-state index contributed by atoms with van der Waals surface area (Å²) in [5, 5.41) is 6.90. The maximum atomic E-state index is 5.62. The maximum absolute atomic E-state index is 5.62. The van der Waals surface area contributed by atoms with E-state index in [-0.39, 0.29) is 5.60 Å². The predicted octanol–water partition coefficient (Wildman–Crippen LogP) is 1.02. The van der Waals surface area contributed by atoms with E-state index < -0.39 is 0 Å². The van der Waals surface area contributed by atoms with Crippen LogP contribution in [0.3, 0.4) is 0 Å². The molecule has 1 aliphatic heterocycles. The predicted molar refractivity (Wildman–Crippen MR) is 50.8 cm³/mol. The lowest BCUT2D eigenvalue weighted by Gasteiger charge is -2.38. The Bertz CT molecular complexity index is 268. The third-order valence-electron chi connectivity index (χ3n) is 2.25. The second-order valence-corrected chi connectivity index (χ2v) is 3.97. The van der Waals surface area contributed by atoms with Crippen LogP contribution in [0.25, 0.3) is 0 Å². The van der Waals surface area contributed by atoms with Crippen LogP contribution in [0.2, 0.25) is 0 Å². The van der Waals surface area contributed by atoms with Gasteiger partial charge in [-0.05, 0) is 13.8 Å². The van der Waals surface area contributed by atoms with E-state index in [9.17, 15) is 0 Å². The van der Waals surface area contributed by atoms with Gasteiger partial charge in [-0.15, -0.1) is 0 Å². The molecule has 1 aromatic heterocycles. The van der Waals surface area contributed by atoms with Gasteiger partial charge < -0.3 is 9.64 Å². The Kier molecular flexibility index (Phi) is 2.00. The number of ether oxygens (including phenoxy) is 1. The Balaban J connectivity index is 2.09. The minimum absolute atomic E-state index is 0.0522. The lowest BCUT2D eigenvalue weighted by molar-refractivity contribution is -0.0279. The van der Waals surface area contributed by atoms with Crippen LogP contribution in [-0.2, 0) is 4.74 Å². The molecule has 0 radical (unpaired) electrons. The number of morpholine rings is 1. The molecule has 0 bridgehead atoms. The molecule has 0 atom stereocenters. The number of aromatic nitrogens is 2. The van der Waals surface area contributed by atoms with Gasteiger partial charge in [-0.3, -0.25) is 5.10 Å². The van der Waals surface area contributed by atoms with Gasteiger partial charge in [-0.25, -0.2) is 0 Å².